The molecule has 0 amide bonds. The fourth-order valence-electron chi connectivity index (χ4n) is 3.35. The van der Waals surface area contributed by atoms with Gasteiger partial charge < -0.3 is 9.67 Å². The van der Waals surface area contributed by atoms with Crippen LogP contribution in [0.5, 0.6) is 0 Å². The molecule has 0 atom stereocenters. The zero-order valence-corrected chi connectivity index (χ0v) is 13.2. The SMILES string of the molecule is Cc1ccc(C)c2c1c(C(C)(C)CC(=O)O)c(C)n2C. The number of carboxylic acid groups (broad SMARTS) is 1. The van der Waals surface area contributed by atoms with E-state index in [0.29, 0.717) is 0 Å². The molecule has 1 aromatic carbocycles. The lowest BCUT2D eigenvalue weighted by Gasteiger charge is -2.24. The summed E-state index contributed by atoms with van der Waals surface area (Å²) in [7, 11) is 2.06. The van der Waals surface area contributed by atoms with Gasteiger partial charge in [0.05, 0.1) is 11.9 Å². The minimum absolute atomic E-state index is 0.139. The molecule has 2 rings (SSSR count). The van der Waals surface area contributed by atoms with Crippen LogP contribution < -0.4 is 0 Å². The third-order valence-corrected chi connectivity index (χ3v) is 4.31. The molecule has 0 radical (unpaired) electrons. The van der Waals surface area contributed by atoms with Gasteiger partial charge in [0, 0.05) is 23.5 Å². The van der Waals surface area contributed by atoms with E-state index < -0.39 is 5.97 Å². The maximum atomic E-state index is 11.2. The number of fused-ring (bicyclic) bond motifs is 1. The van der Waals surface area contributed by atoms with Crippen molar-refractivity contribution >= 4 is 16.9 Å². The molecular formula is C17H23NO2. The van der Waals surface area contributed by atoms with Gasteiger partial charge in [0.25, 0.3) is 0 Å². The zero-order chi connectivity index (χ0) is 15.2. The Bertz CT molecular complexity index is 693. The minimum Gasteiger partial charge on any atom is -0.481 e. The lowest BCUT2D eigenvalue weighted by molar-refractivity contribution is -0.138. The Morgan fingerprint density at radius 3 is 2.30 bits per heavy atom. The summed E-state index contributed by atoms with van der Waals surface area (Å²) in [4.78, 5) is 11.2. The van der Waals surface area contributed by atoms with Gasteiger partial charge in [-0.2, -0.15) is 0 Å². The summed E-state index contributed by atoms with van der Waals surface area (Å²) in [6.45, 7) is 10.3. The van der Waals surface area contributed by atoms with Gasteiger partial charge in [-0.1, -0.05) is 26.0 Å². The van der Waals surface area contributed by atoms with Gasteiger partial charge in [-0.05, 0) is 37.5 Å². The summed E-state index contributed by atoms with van der Waals surface area (Å²) < 4.78 is 2.19. The number of benzene rings is 1. The van der Waals surface area contributed by atoms with Crippen molar-refractivity contribution in [2.75, 3.05) is 0 Å². The number of carboxylic acids is 1. The summed E-state index contributed by atoms with van der Waals surface area (Å²) in [5, 5.41) is 10.4. The highest BCUT2D eigenvalue weighted by Crippen LogP contribution is 2.39. The normalized spacial score (nSPS) is 12.1. The largest absolute Gasteiger partial charge is 0.481 e. The molecule has 0 aliphatic rings. The smallest absolute Gasteiger partial charge is 0.304 e. The molecule has 108 valence electrons. The van der Waals surface area contributed by atoms with Gasteiger partial charge in [0.15, 0.2) is 0 Å². The van der Waals surface area contributed by atoms with Gasteiger partial charge in [-0.25, -0.2) is 0 Å². The predicted octanol–water partition coefficient (Wildman–Crippen LogP) is 3.86. The molecule has 1 heterocycles. The average Bonchev–Trinajstić information content (AvgIpc) is 2.57. The minimum atomic E-state index is -0.753. The fourth-order valence-corrected chi connectivity index (χ4v) is 3.35. The third-order valence-electron chi connectivity index (χ3n) is 4.31. The molecule has 0 fully saturated rings. The van der Waals surface area contributed by atoms with E-state index >= 15 is 0 Å². The van der Waals surface area contributed by atoms with Gasteiger partial charge in [0.1, 0.15) is 0 Å². The summed E-state index contributed by atoms with van der Waals surface area (Å²) >= 11 is 0. The Labute approximate surface area is 120 Å². The van der Waals surface area contributed by atoms with Gasteiger partial charge in [0.2, 0.25) is 0 Å². The van der Waals surface area contributed by atoms with Gasteiger partial charge in [-0.3, -0.25) is 4.79 Å². The van der Waals surface area contributed by atoms with Crippen LogP contribution in [0.15, 0.2) is 12.1 Å². The number of carbonyl (C=O) groups is 1. The quantitative estimate of drug-likeness (QED) is 0.922. The van der Waals surface area contributed by atoms with E-state index in [9.17, 15) is 9.90 Å². The second kappa shape index (κ2) is 4.65. The van der Waals surface area contributed by atoms with Crippen LogP contribution in [-0.2, 0) is 17.3 Å². The van der Waals surface area contributed by atoms with E-state index in [1.165, 1.54) is 27.6 Å². The van der Waals surface area contributed by atoms with Crippen molar-refractivity contribution < 1.29 is 9.90 Å². The van der Waals surface area contributed by atoms with Crippen molar-refractivity contribution in [3.8, 4) is 0 Å². The first kappa shape index (κ1) is 14.6. The Hall–Kier alpha value is -1.77. The number of rotatable bonds is 3. The summed E-state index contributed by atoms with van der Waals surface area (Å²) in [6, 6.07) is 4.25. The van der Waals surface area contributed by atoms with Crippen LogP contribution in [0.2, 0.25) is 0 Å². The van der Waals surface area contributed by atoms with E-state index in [1.807, 2.05) is 13.8 Å². The molecular weight excluding hydrogens is 250 g/mol. The standard InChI is InChI=1S/C17H23NO2/c1-10-7-8-11(2)16-14(10)15(12(3)18(16)6)17(4,5)9-13(19)20/h7-8H,9H2,1-6H3,(H,19,20). The van der Waals surface area contributed by atoms with E-state index in [0.717, 1.165) is 5.69 Å². The lowest BCUT2D eigenvalue weighted by Crippen LogP contribution is -2.22. The second-order valence-electron chi connectivity index (χ2n) is 6.40. The monoisotopic (exact) mass is 273 g/mol. The number of hydrogen-bond acceptors (Lipinski definition) is 1. The van der Waals surface area contributed by atoms with Crippen LogP contribution in [0, 0.1) is 20.8 Å². The highest BCUT2D eigenvalue weighted by molar-refractivity contribution is 5.92. The highest BCUT2D eigenvalue weighted by atomic mass is 16.4. The van der Waals surface area contributed by atoms with Crippen molar-refractivity contribution in [1.82, 2.24) is 4.57 Å². The molecule has 0 bridgehead atoms. The van der Waals surface area contributed by atoms with E-state index in [-0.39, 0.29) is 11.8 Å². The Morgan fingerprint density at radius 2 is 1.75 bits per heavy atom. The number of hydrogen-bond donors (Lipinski definition) is 1. The van der Waals surface area contributed by atoms with Gasteiger partial charge >= 0.3 is 5.97 Å². The molecule has 0 unspecified atom stereocenters. The molecule has 0 saturated carbocycles. The van der Waals surface area contributed by atoms with E-state index in [4.69, 9.17) is 0 Å². The molecule has 1 aromatic heterocycles. The summed E-state index contributed by atoms with van der Waals surface area (Å²) in [6.07, 6.45) is 0.139. The second-order valence-corrected chi connectivity index (χ2v) is 6.40. The Morgan fingerprint density at radius 1 is 1.20 bits per heavy atom. The molecule has 3 nitrogen and oxygen atoms in total. The van der Waals surface area contributed by atoms with Crippen LogP contribution in [0.1, 0.15) is 42.7 Å². The number of aryl methyl sites for hydroxylation is 3. The van der Waals surface area contributed by atoms with Crippen molar-refractivity contribution in [3.63, 3.8) is 0 Å². The molecule has 2 aromatic rings. The molecule has 3 heteroatoms. The first-order valence-electron chi connectivity index (χ1n) is 6.94. The van der Waals surface area contributed by atoms with E-state index in [1.54, 1.807) is 0 Å². The molecule has 0 spiro atoms. The maximum Gasteiger partial charge on any atom is 0.304 e. The first-order chi connectivity index (χ1) is 9.16. The molecule has 0 saturated heterocycles. The van der Waals surface area contributed by atoms with Crippen LogP contribution in [0.25, 0.3) is 10.9 Å². The van der Waals surface area contributed by atoms with Gasteiger partial charge in [-0.15, -0.1) is 0 Å². The lowest BCUT2D eigenvalue weighted by atomic mass is 9.79. The number of nitrogens with zero attached hydrogens (tertiary/aromatic N) is 1. The topological polar surface area (TPSA) is 42.2 Å². The first-order valence-corrected chi connectivity index (χ1v) is 6.94. The molecule has 1 N–H and O–H groups in total. The molecule has 0 aliphatic carbocycles. The Balaban J connectivity index is 2.87. The zero-order valence-electron chi connectivity index (χ0n) is 13.2. The molecule has 0 aliphatic heterocycles. The van der Waals surface area contributed by atoms with Crippen molar-refractivity contribution in [2.24, 2.45) is 7.05 Å². The fraction of sp³-hybridized carbons (Fsp3) is 0.471. The van der Waals surface area contributed by atoms with Crippen LogP contribution in [0.4, 0.5) is 0 Å². The summed E-state index contributed by atoms with van der Waals surface area (Å²) in [5.74, 6) is -0.753. The van der Waals surface area contributed by atoms with Crippen molar-refractivity contribution in [3.05, 3.63) is 34.5 Å². The van der Waals surface area contributed by atoms with E-state index in [2.05, 4.69) is 44.5 Å². The predicted molar refractivity (Wildman–Crippen MR) is 82.4 cm³/mol. The number of aliphatic carboxylic acids is 1. The third kappa shape index (κ3) is 2.11. The number of aromatic nitrogens is 1. The van der Waals surface area contributed by atoms with Crippen LogP contribution >= 0.6 is 0 Å². The van der Waals surface area contributed by atoms with Crippen molar-refractivity contribution in [2.45, 2.75) is 46.5 Å². The molecule has 20 heavy (non-hydrogen) atoms. The summed E-state index contributed by atoms with van der Waals surface area (Å²) in [5.41, 5.74) is 5.60. The maximum absolute atomic E-state index is 11.2. The van der Waals surface area contributed by atoms with Crippen LogP contribution in [-0.4, -0.2) is 15.6 Å². The average molecular weight is 273 g/mol. The Kier molecular flexibility index (Phi) is 3.41. The van der Waals surface area contributed by atoms with Crippen LogP contribution in [0.3, 0.4) is 0 Å². The van der Waals surface area contributed by atoms with Crippen molar-refractivity contribution in [1.29, 1.82) is 0 Å². The highest BCUT2D eigenvalue weighted by Gasteiger charge is 2.31.